The number of Topliss-reactive ketones (excluding diaryl/α,β-unsaturated/α-hetero) is 1. The molecule has 37 heavy (non-hydrogen) atoms. The number of ketones is 1. The molecule has 8 N–H and O–H groups in total. The molecule has 0 aliphatic rings. The first kappa shape index (κ1) is 34.9. The topological polar surface area (TPSA) is 186 Å². The Morgan fingerprint density at radius 3 is 1.89 bits per heavy atom. The lowest BCUT2D eigenvalue weighted by Crippen LogP contribution is -2.37. The predicted octanol–water partition coefficient (Wildman–Crippen LogP) is 0.374. The molecular formula is C26H51N5O6. The van der Waals surface area contributed by atoms with Gasteiger partial charge in [-0.25, -0.2) is 0 Å². The lowest BCUT2D eigenvalue weighted by atomic mass is 9.92. The lowest BCUT2D eigenvalue weighted by molar-refractivity contribution is -0.134. The number of aliphatic hydroxyl groups is 1. The van der Waals surface area contributed by atoms with Gasteiger partial charge in [0.15, 0.2) is 0 Å². The average Bonchev–Trinajstić information content (AvgIpc) is 2.87. The molecule has 11 heteroatoms. The van der Waals surface area contributed by atoms with Crippen LogP contribution in [-0.2, 0) is 23.9 Å². The van der Waals surface area contributed by atoms with E-state index in [1.54, 1.807) is 6.92 Å². The minimum absolute atomic E-state index is 0.0117. The average molecular weight is 530 g/mol. The summed E-state index contributed by atoms with van der Waals surface area (Å²) in [7, 11) is 0. The van der Waals surface area contributed by atoms with Gasteiger partial charge in [0.05, 0.1) is 5.92 Å². The monoisotopic (exact) mass is 529 g/mol. The standard InChI is InChI=1S/C26H51N5O6/c1-21(25(35)30-13-7-3-5-11-28)18-23(33)19-22(20-24(34)29-12-6-2-4-10-27)26(36)31-14-8-16-37-17-9-15-32/h21-22,32H,2-20,27-28H2,1H3,(H,29,34)(H,30,35)(H,31,36). The second kappa shape index (κ2) is 24.3. The maximum Gasteiger partial charge on any atom is 0.224 e. The molecule has 2 unspecified atom stereocenters. The van der Waals surface area contributed by atoms with Crippen LogP contribution in [0.3, 0.4) is 0 Å². The third-order valence-corrected chi connectivity index (χ3v) is 5.85. The third-order valence-electron chi connectivity index (χ3n) is 5.85. The van der Waals surface area contributed by atoms with E-state index in [4.69, 9.17) is 21.3 Å². The van der Waals surface area contributed by atoms with Gasteiger partial charge in [-0.15, -0.1) is 0 Å². The number of carbonyl (C=O) groups excluding carboxylic acids is 4. The van der Waals surface area contributed by atoms with Crippen LogP contribution in [0.5, 0.6) is 0 Å². The molecule has 0 rings (SSSR count). The molecule has 2 atom stereocenters. The van der Waals surface area contributed by atoms with E-state index in [2.05, 4.69) is 16.0 Å². The Morgan fingerprint density at radius 1 is 0.703 bits per heavy atom. The molecule has 0 bridgehead atoms. The van der Waals surface area contributed by atoms with Gasteiger partial charge < -0.3 is 37.3 Å². The van der Waals surface area contributed by atoms with Crippen molar-refractivity contribution in [2.45, 2.75) is 77.6 Å². The summed E-state index contributed by atoms with van der Waals surface area (Å²) in [5, 5.41) is 17.2. The summed E-state index contributed by atoms with van der Waals surface area (Å²) < 4.78 is 5.35. The number of carbonyl (C=O) groups is 4. The van der Waals surface area contributed by atoms with Crippen molar-refractivity contribution in [3.63, 3.8) is 0 Å². The highest BCUT2D eigenvalue weighted by atomic mass is 16.5. The van der Waals surface area contributed by atoms with E-state index in [-0.39, 0.29) is 49.4 Å². The summed E-state index contributed by atoms with van der Waals surface area (Å²) in [4.78, 5) is 50.3. The van der Waals surface area contributed by atoms with Crippen molar-refractivity contribution in [3.8, 4) is 0 Å². The summed E-state index contributed by atoms with van der Waals surface area (Å²) in [6.07, 6.45) is 6.22. The quantitative estimate of drug-likeness (QED) is 0.0916. The van der Waals surface area contributed by atoms with Gasteiger partial charge >= 0.3 is 0 Å². The van der Waals surface area contributed by atoms with E-state index in [1.165, 1.54) is 0 Å². The first-order valence-corrected chi connectivity index (χ1v) is 13.8. The Labute approximate surface area is 222 Å². The van der Waals surface area contributed by atoms with E-state index in [0.717, 1.165) is 38.5 Å². The molecule has 0 aliphatic heterocycles. The van der Waals surface area contributed by atoms with Gasteiger partial charge in [-0.05, 0) is 51.6 Å². The van der Waals surface area contributed by atoms with Crippen LogP contribution in [0.4, 0.5) is 0 Å². The van der Waals surface area contributed by atoms with Crippen molar-refractivity contribution in [1.82, 2.24) is 16.0 Å². The molecule has 0 aromatic heterocycles. The normalized spacial score (nSPS) is 12.5. The molecular weight excluding hydrogens is 478 g/mol. The molecule has 3 amide bonds. The van der Waals surface area contributed by atoms with Gasteiger partial charge in [0.2, 0.25) is 17.7 Å². The van der Waals surface area contributed by atoms with Gasteiger partial charge in [-0.3, -0.25) is 19.2 Å². The molecule has 0 aromatic carbocycles. The van der Waals surface area contributed by atoms with Crippen LogP contribution in [0.2, 0.25) is 0 Å². The first-order valence-electron chi connectivity index (χ1n) is 13.8. The maximum atomic E-state index is 12.8. The van der Waals surface area contributed by atoms with Crippen molar-refractivity contribution in [2.75, 3.05) is 52.5 Å². The van der Waals surface area contributed by atoms with Crippen LogP contribution in [0.25, 0.3) is 0 Å². The summed E-state index contributed by atoms with van der Waals surface area (Å²) in [5.74, 6) is -2.39. The van der Waals surface area contributed by atoms with Crippen molar-refractivity contribution in [2.24, 2.45) is 23.3 Å². The zero-order valence-corrected chi connectivity index (χ0v) is 22.7. The Kier molecular flexibility index (Phi) is 22.9. The molecule has 0 aromatic rings. The first-order chi connectivity index (χ1) is 17.8. The van der Waals surface area contributed by atoms with Crippen LogP contribution >= 0.6 is 0 Å². The van der Waals surface area contributed by atoms with Gasteiger partial charge in [-0.1, -0.05) is 19.8 Å². The second-order valence-electron chi connectivity index (χ2n) is 9.42. The summed E-state index contributed by atoms with van der Waals surface area (Å²) in [5.41, 5.74) is 10.9. The number of nitrogens with one attached hydrogen (secondary N) is 3. The van der Waals surface area contributed by atoms with Gasteiger partial charge in [-0.2, -0.15) is 0 Å². The number of unbranched alkanes of at least 4 members (excludes halogenated alkanes) is 4. The highest BCUT2D eigenvalue weighted by Crippen LogP contribution is 2.15. The molecule has 11 nitrogen and oxygen atoms in total. The Bertz CT molecular complexity index is 635. The number of aliphatic hydroxyl groups excluding tert-OH is 1. The summed E-state index contributed by atoms with van der Waals surface area (Å²) in [6, 6.07) is 0. The van der Waals surface area contributed by atoms with Crippen LogP contribution in [0, 0.1) is 11.8 Å². The number of amides is 3. The molecule has 0 spiro atoms. The van der Waals surface area contributed by atoms with E-state index in [1.807, 2.05) is 0 Å². The Morgan fingerprint density at radius 2 is 1.27 bits per heavy atom. The molecule has 0 radical (unpaired) electrons. The zero-order valence-electron chi connectivity index (χ0n) is 22.7. The van der Waals surface area contributed by atoms with E-state index >= 15 is 0 Å². The number of hydrogen-bond donors (Lipinski definition) is 6. The van der Waals surface area contributed by atoms with Crippen molar-refractivity contribution in [3.05, 3.63) is 0 Å². The third kappa shape index (κ3) is 20.6. The van der Waals surface area contributed by atoms with Gasteiger partial charge in [0.25, 0.3) is 0 Å². The molecule has 0 saturated heterocycles. The summed E-state index contributed by atoms with van der Waals surface area (Å²) in [6.45, 7) is 5.26. The van der Waals surface area contributed by atoms with E-state index in [9.17, 15) is 19.2 Å². The number of hydrogen-bond acceptors (Lipinski definition) is 8. The SMILES string of the molecule is CC(CC(=O)CC(CC(=O)NCCCCCN)C(=O)NCCCOCCCO)C(=O)NCCCCCN. The molecule has 216 valence electrons. The fraction of sp³-hybridized carbons (Fsp3) is 0.846. The highest BCUT2D eigenvalue weighted by Gasteiger charge is 2.26. The molecule has 0 aliphatic carbocycles. The fourth-order valence-electron chi connectivity index (χ4n) is 3.65. The minimum atomic E-state index is -0.807. The van der Waals surface area contributed by atoms with E-state index in [0.29, 0.717) is 58.8 Å². The van der Waals surface area contributed by atoms with Gasteiger partial charge in [0.1, 0.15) is 5.78 Å². The lowest BCUT2D eigenvalue weighted by Gasteiger charge is -2.18. The highest BCUT2D eigenvalue weighted by molar-refractivity contribution is 5.92. The Balaban J connectivity index is 4.71. The smallest absolute Gasteiger partial charge is 0.224 e. The maximum absolute atomic E-state index is 12.8. The summed E-state index contributed by atoms with van der Waals surface area (Å²) >= 11 is 0. The zero-order chi connectivity index (χ0) is 27.7. The van der Waals surface area contributed by atoms with Crippen LogP contribution in [-0.4, -0.2) is 81.2 Å². The van der Waals surface area contributed by atoms with Crippen molar-refractivity contribution in [1.29, 1.82) is 0 Å². The van der Waals surface area contributed by atoms with Crippen molar-refractivity contribution >= 4 is 23.5 Å². The second-order valence-corrected chi connectivity index (χ2v) is 9.42. The Hall–Kier alpha value is -2.08. The minimum Gasteiger partial charge on any atom is -0.396 e. The molecule has 0 saturated carbocycles. The number of ether oxygens (including phenoxy) is 1. The largest absolute Gasteiger partial charge is 0.396 e. The molecule has 0 heterocycles. The predicted molar refractivity (Wildman–Crippen MR) is 143 cm³/mol. The van der Waals surface area contributed by atoms with Gasteiger partial charge in [0, 0.05) is 64.6 Å². The number of nitrogens with two attached hydrogens (primary N) is 2. The van der Waals surface area contributed by atoms with E-state index < -0.39 is 11.8 Å². The van der Waals surface area contributed by atoms with Crippen LogP contribution in [0.1, 0.15) is 77.6 Å². The molecule has 0 fully saturated rings. The fourth-order valence-corrected chi connectivity index (χ4v) is 3.65. The van der Waals surface area contributed by atoms with Crippen molar-refractivity contribution < 1.29 is 29.0 Å². The van der Waals surface area contributed by atoms with Crippen LogP contribution < -0.4 is 27.4 Å². The number of rotatable bonds is 25. The van der Waals surface area contributed by atoms with Crippen LogP contribution in [0.15, 0.2) is 0 Å².